The molecule has 2 nitrogen and oxygen atoms in total. The topological polar surface area (TPSA) is 38.0 Å². The number of fused-ring (bicyclic) bond motifs is 1. The minimum Gasteiger partial charge on any atom is -0.271 e. The van der Waals surface area contributed by atoms with Crippen molar-refractivity contribution >= 4 is 11.3 Å². The maximum Gasteiger partial charge on any atom is 0.0593 e. The molecule has 0 fully saturated rings. The number of thiophene rings is 1. The van der Waals surface area contributed by atoms with Crippen LogP contribution in [-0.2, 0) is 25.7 Å². The van der Waals surface area contributed by atoms with Crippen molar-refractivity contribution in [2.45, 2.75) is 45.1 Å². The van der Waals surface area contributed by atoms with Gasteiger partial charge in [-0.1, -0.05) is 25.1 Å². The molecule has 0 saturated carbocycles. The third kappa shape index (κ3) is 2.80. The van der Waals surface area contributed by atoms with E-state index >= 15 is 0 Å². The number of rotatable bonds is 5. The smallest absolute Gasteiger partial charge is 0.0593 e. The van der Waals surface area contributed by atoms with E-state index in [9.17, 15) is 0 Å². The van der Waals surface area contributed by atoms with Crippen molar-refractivity contribution in [2.24, 2.45) is 5.84 Å². The zero-order valence-corrected chi connectivity index (χ0v) is 12.8. The number of hydrogen-bond acceptors (Lipinski definition) is 3. The molecule has 1 heterocycles. The van der Waals surface area contributed by atoms with Crippen LogP contribution in [-0.4, -0.2) is 0 Å². The zero-order chi connectivity index (χ0) is 13.9. The Bertz CT molecular complexity index is 588. The van der Waals surface area contributed by atoms with Gasteiger partial charge in [0.05, 0.1) is 6.04 Å². The number of hydrogen-bond donors (Lipinski definition) is 2. The minimum atomic E-state index is 0.222. The van der Waals surface area contributed by atoms with Crippen LogP contribution in [0.5, 0.6) is 0 Å². The number of aryl methyl sites for hydroxylation is 3. The Morgan fingerprint density at radius 3 is 2.80 bits per heavy atom. The van der Waals surface area contributed by atoms with Gasteiger partial charge < -0.3 is 0 Å². The molecule has 106 valence electrons. The summed E-state index contributed by atoms with van der Waals surface area (Å²) < 4.78 is 0. The highest BCUT2D eigenvalue weighted by molar-refractivity contribution is 7.12. The number of nitrogens with one attached hydrogen (secondary N) is 1. The predicted octanol–water partition coefficient (Wildman–Crippen LogP) is 3.55. The quantitative estimate of drug-likeness (QED) is 0.651. The summed E-state index contributed by atoms with van der Waals surface area (Å²) in [6.45, 7) is 2.20. The normalized spacial score (nSPS) is 15.3. The van der Waals surface area contributed by atoms with Crippen LogP contribution < -0.4 is 11.3 Å². The van der Waals surface area contributed by atoms with Gasteiger partial charge in [0.1, 0.15) is 0 Å². The Hall–Kier alpha value is -1.16. The summed E-state index contributed by atoms with van der Waals surface area (Å²) in [5.41, 5.74) is 7.45. The van der Waals surface area contributed by atoms with Gasteiger partial charge in [-0.25, -0.2) is 0 Å². The van der Waals surface area contributed by atoms with E-state index in [0.29, 0.717) is 0 Å². The van der Waals surface area contributed by atoms with Crippen molar-refractivity contribution in [1.29, 1.82) is 0 Å². The minimum absolute atomic E-state index is 0.222. The SMILES string of the molecule is CCc1ccc(C(Cc2ccc3c(c2)CCC3)NN)s1. The molecule has 3 rings (SSSR count). The van der Waals surface area contributed by atoms with Crippen LogP contribution in [0.3, 0.4) is 0 Å². The molecule has 1 aromatic heterocycles. The van der Waals surface area contributed by atoms with Crippen LogP contribution >= 0.6 is 11.3 Å². The highest BCUT2D eigenvalue weighted by atomic mass is 32.1. The first-order chi connectivity index (χ1) is 9.80. The van der Waals surface area contributed by atoms with Crippen LogP contribution in [0.4, 0.5) is 0 Å². The molecule has 1 unspecified atom stereocenters. The first-order valence-electron chi connectivity index (χ1n) is 7.45. The maximum atomic E-state index is 5.77. The van der Waals surface area contributed by atoms with Gasteiger partial charge in [-0.15, -0.1) is 11.3 Å². The Morgan fingerprint density at radius 1 is 1.20 bits per heavy atom. The molecule has 0 bridgehead atoms. The molecule has 1 aliphatic carbocycles. The Morgan fingerprint density at radius 2 is 2.05 bits per heavy atom. The highest BCUT2D eigenvalue weighted by Crippen LogP contribution is 2.28. The summed E-state index contributed by atoms with van der Waals surface area (Å²) in [6.07, 6.45) is 5.86. The fraction of sp³-hybridized carbons (Fsp3) is 0.412. The van der Waals surface area contributed by atoms with E-state index in [4.69, 9.17) is 5.84 Å². The van der Waals surface area contributed by atoms with Crippen LogP contribution in [0.2, 0.25) is 0 Å². The molecule has 2 aromatic rings. The van der Waals surface area contributed by atoms with Gasteiger partial charge in [-0.2, -0.15) is 0 Å². The summed E-state index contributed by atoms with van der Waals surface area (Å²) in [5.74, 6) is 5.77. The first-order valence-corrected chi connectivity index (χ1v) is 8.27. The van der Waals surface area contributed by atoms with Gasteiger partial charge in [0, 0.05) is 9.75 Å². The molecule has 1 atom stereocenters. The first kappa shape index (κ1) is 13.8. The lowest BCUT2D eigenvalue weighted by atomic mass is 10.0. The van der Waals surface area contributed by atoms with E-state index < -0.39 is 0 Å². The molecule has 0 radical (unpaired) electrons. The van der Waals surface area contributed by atoms with Gasteiger partial charge in [0.2, 0.25) is 0 Å². The summed E-state index contributed by atoms with van der Waals surface area (Å²) in [5, 5.41) is 0. The zero-order valence-electron chi connectivity index (χ0n) is 12.0. The van der Waals surface area contributed by atoms with Gasteiger partial charge >= 0.3 is 0 Å². The lowest BCUT2D eigenvalue weighted by Gasteiger charge is -2.15. The highest BCUT2D eigenvalue weighted by Gasteiger charge is 2.15. The number of nitrogens with two attached hydrogens (primary N) is 1. The van der Waals surface area contributed by atoms with Gasteiger partial charge in [-0.3, -0.25) is 11.3 Å². The van der Waals surface area contributed by atoms with E-state index in [1.807, 2.05) is 11.3 Å². The van der Waals surface area contributed by atoms with Crippen LogP contribution in [0.25, 0.3) is 0 Å². The monoisotopic (exact) mass is 286 g/mol. The second-order valence-electron chi connectivity index (χ2n) is 5.54. The van der Waals surface area contributed by atoms with Gasteiger partial charge in [0.25, 0.3) is 0 Å². The van der Waals surface area contributed by atoms with E-state index in [1.165, 1.54) is 40.1 Å². The average molecular weight is 286 g/mol. The van der Waals surface area contributed by atoms with Gasteiger partial charge in [-0.05, 0) is 60.9 Å². The Kier molecular flexibility index (Phi) is 4.20. The maximum absolute atomic E-state index is 5.77. The third-order valence-corrected chi connectivity index (χ3v) is 5.52. The molecule has 3 heteroatoms. The molecular weight excluding hydrogens is 264 g/mol. The van der Waals surface area contributed by atoms with E-state index in [1.54, 1.807) is 5.56 Å². The summed E-state index contributed by atoms with van der Waals surface area (Å²) >= 11 is 1.87. The third-order valence-electron chi connectivity index (χ3n) is 4.18. The van der Waals surface area contributed by atoms with E-state index in [-0.39, 0.29) is 6.04 Å². The fourth-order valence-electron chi connectivity index (χ4n) is 3.00. The molecule has 20 heavy (non-hydrogen) atoms. The molecule has 0 saturated heterocycles. The van der Waals surface area contributed by atoms with Crippen molar-refractivity contribution in [3.05, 3.63) is 56.8 Å². The molecule has 0 amide bonds. The molecule has 0 spiro atoms. The fourth-order valence-corrected chi connectivity index (χ4v) is 4.01. The largest absolute Gasteiger partial charge is 0.271 e. The van der Waals surface area contributed by atoms with Crippen molar-refractivity contribution in [2.75, 3.05) is 0 Å². The second kappa shape index (κ2) is 6.08. The van der Waals surface area contributed by atoms with E-state index in [0.717, 1.165) is 12.8 Å². The van der Waals surface area contributed by atoms with E-state index in [2.05, 4.69) is 42.7 Å². The van der Waals surface area contributed by atoms with Crippen molar-refractivity contribution in [3.63, 3.8) is 0 Å². The second-order valence-corrected chi connectivity index (χ2v) is 6.74. The summed E-state index contributed by atoms with van der Waals surface area (Å²) in [6, 6.07) is 11.6. The Balaban J connectivity index is 1.77. The van der Waals surface area contributed by atoms with Gasteiger partial charge in [0.15, 0.2) is 0 Å². The number of benzene rings is 1. The molecular formula is C17H22N2S. The Labute approximate surface area is 125 Å². The summed E-state index contributed by atoms with van der Waals surface area (Å²) in [4.78, 5) is 2.76. The standard InChI is InChI=1S/C17H22N2S/c1-2-15-8-9-17(20-15)16(19-18)11-12-6-7-13-4-3-5-14(13)10-12/h6-10,16,19H,2-5,11,18H2,1H3. The van der Waals surface area contributed by atoms with Crippen LogP contribution in [0.15, 0.2) is 30.3 Å². The van der Waals surface area contributed by atoms with Crippen molar-refractivity contribution < 1.29 is 0 Å². The summed E-state index contributed by atoms with van der Waals surface area (Å²) in [7, 11) is 0. The molecule has 1 aliphatic rings. The number of hydrazine groups is 1. The lowest BCUT2D eigenvalue weighted by molar-refractivity contribution is 0.560. The van der Waals surface area contributed by atoms with Crippen molar-refractivity contribution in [1.82, 2.24) is 5.43 Å². The molecule has 0 aliphatic heterocycles. The lowest BCUT2D eigenvalue weighted by Crippen LogP contribution is -2.29. The average Bonchev–Trinajstić information content (AvgIpc) is 3.12. The molecule has 1 aromatic carbocycles. The van der Waals surface area contributed by atoms with Crippen LogP contribution in [0.1, 0.15) is 45.8 Å². The van der Waals surface area contributed by atoms with Crippen molar-refractivity contribution in [3.8, 4) is 0 Å². The van der Waals surface area contributed by atoms with Crippen LogP contribution in [0, 0.1) is 0 Å². The molecule has 3 N–H and O–H groups in total. The predicted molar refractivity (Wildman–Crippen MR) is 85.9 cm³/mol.